The summed E-state index contributed by atoms with van der Waals surface area (Å²) in [6.45, 7) is 6.12. The van der Waals surface area contributed by atoms with Crippen molar-refractivity contribution in [3.63, 3.8) is 0 Å². The first kappa shape index (κ1) is 12.9. The maximum Gasteiger partial charge on any atom is 0.0909 e. The summed E-state index contributed by atoms with van der Waals surface area (Å²) >= 11 is 0. The Balaban J connectivity index is 3.85. The lowest BCUT2D eigenvalue weighted by Crippen LogP contribution is -2.14. The standard InChI is InChI=1S/C12H19NO/c1-10(2)6-4-7-11(3)12(14)8-5-9-13/h5-6,8,11-12,14H,4,7H2,1-3H3/b8-5+/t11-,12?/m1/s1. The van der Waals surface area contributed by atoms with Crippen LogP contribution in [-0.2, 0) is 0 Å². The van der Waals surface area contributed by atoms with Crippen molar-refractivity contribution >= 4 is 0 Å². The molecule has 78 valence electrons. The summed E-state index contributed by atoms with van der Waals surface area (Å²) in [6.07, 6.45) is 6.48. The molecule has 0 amide bonds. The van der Waals surface area contributed by atoms with Gasteiger partial charge in [-0.05, 0) is 38.7 Å². The quantitative estimate of drug-likeness (QED) is 0.539. The molecule has 0 rings (SSSR count). The van der Waals surface area contributed by atoms with Crippen LogP contribution < -0.4 is 0 Å². The van der Waals surface area contributed by atoms with Gasteiger partial charge in [0.2, 0.25) is 0 Å². The molecule has 0 saturated carbocycles. The predicted octanol–water partition coefficient (Wildman–Crippen LogP) is 2.81. The molecular formula is C12H19NO. The molecule has 0 aromatic rings. The van der Waals surface area contributed by atoms with Gasteiger partial charge < -0.3 is 5.11 Å². The van der Waals surface area contributed by atoms with Gasteiger partial charge in [-0.25, -0.2) is 0 Å². The van der Waals surface area contributed by atoms with Crippen LogP contribution in [0.3, 0.4) is 0 Å². The first-order valence-electron chi connectivity index (χ1n) is 4.95. The van der Waals surface area contributed by atoms with Crippen LogP contribution in [0.5, 0.6) is 0 Å². The molecule has 0 spiro atoms. The number of aliphatic hydroxyl groups excluding tert-OH is 1. The third kappa shape index (κ3) is 6.45. The maximum absolute atomic E-state index is 9.56. The second-order valence-electron chi connectivity index (χ2n) is 3.81. The Labute approximate surface area is 86.6 Å². The van der Waals surface area contributed by atoms with Crippen LogP contribution in [0, 0.1) is 17.2 Å². The van der Waals surface area contributed by atoms with Gasteiger partial charge in [-0.2, -0.15) is 5.26 Å². The number of aliphatic hydroxyl groups is 1. The Hall–Kier alpha value is -1.07. The summed E-state index contributed by atoms with van der Waals surface area (Å²) in [4.78, 5) is 0. The van der Waals surface area contributed by atoms with Gasteiger partial charge in [-0.1, -0.05) is 18.6 Å². The molecule has 2 atom stereocenters. The second-order valence-corrected chi connectivity index (χ2v) is 3.81. The monoisotopic (exact) mass is 193 g/mol. The van der Waals surface area contributed by atoms with E-state index in [0.29, 0.717) is 0 Å². The minimum absolute atomic E-state index is 0.204. The molecule has 0 bridgehead atoms. The van der Waals surface area contributed by atoms with Crippen LogP contribution in [0.25, 0.3) is 0 Å². The van der Waals surface area contributed by atoms with Crippen molar-refractivity contribution in [2.75, 3.05) is 0 Å². The molecule has 0 saturated heterocycles. The van der Waals surface area contributed by atoms with Crippen LogP contribution in [0.4, 0.5) is 0 Å². The van der Waals surface area contributed by atoms with Gasteiger partial charge in [-0.15, -0.1) is 0 Å². The molecule has 14 heavy (non-hydrogen) atoms. The highest BCUT2D eigenvalue weighted by molar-refractivity contribution is 5.05. The molecule has 2 nitrogen and oxygen atoms in total. The number of nitrogens with zero attached hydrogens (tertiary/aromatic N) is 1. The highest BCUT2D eigenvalue weighted by Crippen LogP contribution is 2.13. The largest absolute Gasteiger partial charge is 0.389 e. The van der Waals surface area contributed by atoms with Gasteiger partial charge >= 0.3 is 0 Å². The molecule has 1 N–H and O–H groups in total. The molecule has 1 unspecified atom stereocenters. The molecule has 0 aromatic heterocycles. The van der Waals surface area contributed by atoms with Crippen LogP contribution >= 0.6 is 0 Å². The van der Waals surface area contributed by atoms with Crippen molar-refractivity contribution in [2.24, 2.45) is 5.92 Å². The van der Waals surface area contributed by atoms with Crippen molar-refractivity contribution in [2.45, 2.75) is 39.7 Å². The molecular weight excluding hydrogens is 174 g/mol. The minimum Gasteiger partial charge on any atom is -0.389 e. The van der Waals surface area contributed by atoms with E-state index in [2.05, 4.69) is 19.9 Å². The molecule has 2 heteroatoms. The number of allylic oxidation sites excluding steroid dienone is 3. The fourth-order valence-corrected chi connectivity index (χ4v) is 1.14. The van der Waals surface area contributed by atoms with E-state index in [4.69, 9.17) is 5.26 Å². The van der Waals surface area contributed by atoms with Crippen LogP contribution in [-0.4, -0.2) is 11.2 Å². The van der Waals surface area contributed by atoms with Crippen molar-refractivity contribution in [3.05, 3.63) is 23.8 Å². The van der Waals surface area contributed by atoms with Crippen LogP contribution in [0.15, 0.2) is 23.8 Å². The van der Waals surface area contributed by atoms with Gasteiger partial charge in [0.05, 0.1) is 12.2 Å². The summed E-state index contributed by atoms with van der Waals surface area (Å²) in [5.41, 5.74) is 1.30. The summed E-state index contributed by atoms with van der Waals surface area (Å²) in [5, 5.41) is 17.8. The lowest BCUT2D eigenvalue weighted by molar-refractivity contribution is 0.157. The molecule has 0 aromatic carbocycles. The Bertz CT molecular complexity index is 244. The van der Waals surface area contributed by atoms with Crippen molar-refractivity contribution < 1.29 is 5.11 Å². The molecule has 0 radical (unpaired) electrons. The number of nitriles is 1. The van der Waals surface area contributed by atoms with Gasteiger partial charge in [-0.3, -0.25) is 0 Å². The topological polar surface area (TPSA) is 44.0 Å². The zero-order chi connectivity index (χ0) is 11.0. The summed E-state index contributed by atoms with van der Waals surface area (Å²) in [7, 11) is 0. The summed E-state index contributed by atoms with van der Waals surface area (Å²) in [5.74, 6) is 0.204. The van der Waals surface area contributed by atoms with E-state index >= 15 is 0 Å². The number of hydrogen-bond donors (Lipinski definition) is 1. The minimum atomic E-state index is -0.500. The third-order valence-electron chi connectivity index (χ3n) is 2.13. The molecule has 0 fully saturated rings. The maximum atomic E-state index is 9.56. The van der Waals surface area contributed by atoms with E-state index in [1.165, 1.54) is 11.6 Å². The Morgan fingerprint density at radius 2 is 2.14 bits per heavy atom. The van der Waals surface area contributed by atoms with Crippen LogP contribution in [0.2, 0.25) is 0 Å². The van der Waals surface area contributed by atoms with Crippen LogP contribution in [0.1, 0.15) is 33.6 Å². The average Bonchev–Trinajstić information content (AvgIpc) is 2.13. The smallest absolute Gasteiger partial charge is 0.0909 e. The number of hydrogen-bond acceptors (Lipinski definition) is 2. The van der Waals surface area contributed by atoms with E-state index in [-0.39, 0.29) is 5.92 Å². The van der Waals surface area contributed by atoms with Gasteiger partial charge in [0.25, 0.3) is 0 Å². The van der Waals surface area contributed by atoms with Gasteiger partial charge in [0.15, 0.2) is 0 Å². The predicted molar refractivity (Wildman–Crippen MR) is 58.6 cm³/mol. The first-order chi connectivity index (χ1) is 6.57. The number of rotatable bonds is 5. The third-order valence-corrected chi connectivity index (χ3v) is 2.13. The fourth-order valence-electron chi connectivity index (χ4n) is 1.14. The summed E-state index contributed by atoms with van der Waals surface area (Å²) in [6, 6.07) is 1.88. The average molecular weight is 193 g/mol. The van der Waals surface area contributed by atoms with Crippen molar-refractivity contribution in [1.82, 2.24) is 0 Å². The molecule has 0 aliphatic heterocycles. The van der Waals surface area contributed by atoms with E-state index in [9.17, 15) is 5.11 Å². The molecule has 0 heterocycles. The SMILES string of the molecule is CC(C)=CCC[C@@H](C)C(O)/C=C/C#N. The zero-order valence-corrected chi connectivity index (χ0v) is 9.20. The zero-order valence-electron chi connectivity index (χ0n) is 9.20. The lowest BCUT2D eigenvalue weighted by atomic mass is 9.98. The second kappa shape index (κ2) is 7.34. The van der Waals surface area contributed by atoms with E-state index in [1.807, 2.05) is 13.0 Å². The van der Waals surface area contributed by atoms with E-state index in [0.717, 1.165) is 12.8 Å². The van der Waals surface area contributed by atoms with E-state index in [1.54, 1.807) is 6.08 Å². The van der Waals surface area contributed by atoms with Gasteiger partial charge in [0.1, 0.15) is 0 Å². The fraction of sp³-hybridized carbons (Fsp3) is 0.583. The van der Waals surface area contributed by atoms with Gasteiger partial charge in [0, 0.05) is 6.08 Å². The molecule has 0 aliphatic carbocycles. The highest BCUT2D eigenvalue weighted by atomic mass is 16.3. The molecule has 0 aliphatic rings. The van der Waals surface area contributed by atoms with E-state index < -0.39 is 6.10 Å². The summed E-state index contributed by atoms with van der Waals surface area (Å²) < 4.78 is 0. The highest BCUT2D eigenvalue weighted by Gasteiger charge is 2.09. The Kier molecular flexibility index (Phi) is 6.78. The van der Waals surface area contributed by atoms with Crippen molar-refractivity contribution in [1.29, 1.82) is 5.26 Å². The first-order valence-corrected chi connectivity index (χ1v) is 4.95. The Morgan fingerprint density at radius 3 is 2.64 bits per heavy atom. The lowest BCUT2D eigenvalue weighted by Gasteiger charge is -2.13. The van der Waals surface area contributed by atoms with Crippen molar-refractivity contribution in [3.8, 4) is 6.07 Å². The Morgan fingerprint density at radius 1 is 1.50 bits per heavy atom. The normalized spacial score (nSPS) is 14.8.